The minimum Gasteiger partial charge on any atom is -0.0623 e. The van der Waals surface area contributed by atoms with Gasteiger partial charge in [0.2, 0.25) is 0 Å². The zero-order valence-electron chi connectivity index (χ0n) is 6.78. The molecule has 0 heterocycles. The lowest BCUT2D eigenvalue weighted by Gasteiger charge is -2.29. The molecule has 2 atom stereocenters. The molecule has 1 rings (SSSR count). The van der Waals surface area contributed by atoms with Crippen LogP contribution >= 0.6 is 0 Å². The Kier molecular flexibility index (Phi) is 2.15. The molecule has 0 spiro atoms. The van der Waals surface area contributed by atoms with Crippen LogP contribution in [0.15, 0.2) is 0 Å². The van der Waals surface area contributed by atoms with Gasteiger partial charge in [0.05, 0.1) is 0 Å². The average molecular weight is 125 g/mol. The van der Waals surface area contributed by atoms with Crippen LogP contribution in [0.1, 0.15) is 40.0 Å². The minimum atomic E-state index is 0.943. The first-order valence-corrected chi connectivity index (χ1v) is 4.01. The molecule has 0 bridgehead atoms. The summed E-state index contributed by atoms with van der Waals surface area (Å²) in [5.74, 6) is 3.62. The molecule has 1 saturated carbocycles. The summed E-state index contributed by atoms with van der Waals surface area (Å²) in [6, 6.07) is 0. The molecular weight excluding hydrogens is 108 g/mol. The predicted molar refractivity (Wildman–Crippen MR) is 41.1 cm³/mol. The van der Waals surface area contributed by atoms with Crippen molar-refractivity contribution in [2.75, 3.05) is 0 Å². The highest BCUT2D eigenvalue weighted by molar-refractivity contribution is 4.91. The Bertz CT molecular complexity index is 86.0. The second-order valence-electron chi connectivity index (χ2n) is 3.65. The second kappa shape index (κ2) is 2.72. The third-order valence-corrected chi connectivity index (χ3v) is 2.67. The lowest BCUT2D eigenvalue weighted by atomic mass is 9.77. The molecular formula is C9H17. The van der Waals surface area contributed by atoms with Crippen molar-refractivity contribution in [3.63, 3.8) is 0 Å². The van der Waals surface area contributed by atoms with E-state index in [-0.39, 0.29) is 0 Å². The molecule has 0 N–H and O–H groups in total. The van der Waals surface area contributed by atoms with Crippen LogP contribution in [0.2, 0.25) is 0 Å². The summed E-state index contributed by atoms with van der Waals surface area (Å²) in [5, 5.41) is 0. The van der Waals surface area contributed by atoms with Crippen LogP contribution in [-0.4, -0.2) is 0 Å². The third-order valence-electron chi connectivity index (χ3n) is 2.67. The van der Waals surface area contributed by atoms with E-state index in [0.29, 0.717) is 0 Å². The summed E-state index contributed by atoms with van der Waals surface area (Å²) in [6.07, 6.45) is 4.18. The Balaban J connectivity index is 2.35. The molecule has 0 nitrogen and oxygen atoms in total. The first-order valence-electron chi connectivity index (χ1n) is 4.01. The van der Waals surface area contributed by atoms with Crippen molar-refractivity contribution in [1.29, 1.82) is 0 Å². The Labute approximate surface area is 58.7 Å². The van der Waals surface area contributed by atoms with Gasteiger partial charge in [-0.15, -0.1) is 0 Å². The number of hydrogen-bond donors (Lipinski definition) is 0. The van der Waals surface area contributed by atoms with E-state index >= 15 is 0 Å². The lowest BCUT2D eigenvalue weighted by molar-refractivity contribution is 0.297. The van der Waals surface area contributed by atoms with Gasteiger partial charge in [-0.1, -0.05) is 20.8 Å². The van der Waals surface area contributed by atoms with Crippen LogP contribution in [0.3, 0.4) is 0 Å². The Morgan fingerprint density at radius 2 is 1.89 bits per heavy atom. The summed E-state index contributed by atoms with van der Waals surface area (Å²) in [5.41, 5.74) is 0. The smallest absolute Gasteiger partial charge is 0.0269 e. The van der Waals surface area contributed by atoms with Crippen molar-refractivity contribution in [2.45, 2.75) is 40.0 Å². The predicted octanol–water partition coefficient (Wildman–Crippen LogP) is 3.04. The van der Waals surface area contributed by atoms with Gasteiger partial charge in [0, 0.05) is 0 Å². The van der Waals surface area contributed by atoms with Crippen molar-refractivity contribution in [1.82, 2.24) is 0 Å². The first kappa shape index (κ1) is 7.11. The molecule has 1 fully saturated rings. The molecule has 0 saturated heterocycles. The quantitative estimate of drug-likeness (QED) is 0.467. The fourth-order valence-electron chi connectivity index (χ4n) is 1.61. The maximum atomic E-state index is 2.37. The summed E-state index contributed by atoms with van der Waals surface area (Å²) >= 11 is 0. The summed E-state index contributed by atoms with van der Waals surface area (Å²) in [4.78, 5) is 0. The minimum absolute atomic E-state index is 0.943. The molecule has 0 aromatic rings. The van der Waals surface area contributed by atoms with E-state index in [1.807, 2.05) is 0 Å². The fraction of sp³-hybridized carbons (Fsp3) is 0.889. The molecule has 1 aliphatic rings. The highest BCUT2D eigenvalue weighted by Gasteiger charge is 2.21. The molecule has 0 aromatic heterocycles. The SMILES string of the molecule is C[C]1CCC(C)C(C)C1. The van der Waals surface area contributed by atoms with Crippen LogP contribution in [0.4, 0.5) is 0 Å². The van der Waals surface area contributed by atoms with Gasteiger partial charge in [-0.25, -0.2) is 0 Å². The van der Waals surface area contributed by atoms with Gasteiger partial charge in [-0.3, -0.25) is 0 Å². The van der Waals surface area contributed by atoms with Crippen molar-refractivity contribution in [3.05, 3.63) is 5.92 Å². The molecule has 0 amide bonds. The largest absolute Gasteiger partial charge is 0.0623 e. The molecule has 0 aliphatic heterocycles. The lowest BCUT2D eigenvalue weighted by Crippen LogP contribution is -2.17. The fourth-order valence-corrected chi connectivity index (χ4v) is 1.61. The monoisotopic (exact) mass is 125 g/mol. The van der Waals surface area contributed by atoms with Crippen molar-refractivity contribution in [2.24, 2.45) is 11.8 Å². The zero-order chi connectivity index (χ0) is 6.85. The van der Waals surface area contributed by atoms with E-state index in [0.717, 1.165) is 11.8 Å². The molecule has 1 radical (unpaired) electrons. The van der Waals surface area contributed by atoms with Gasteiger partial charge in [0.15, 0.2) is 0 Å². The zero-order valence-corrected chi connectivity index (χ0v) is 6.78. The van der Waals surface area contributed by atoms with Gasteiger partial charge in [0.1, 0.15) is 0 Å². The molecule has 53 valence electrons. The van der Waals surface area contributed by atoms with Gasteiger partial charge in [-0.05, 0) is 37.0 Å². The highest BCUT2D eigenvalue weighted by Crippen LogP contribution is 2.33. The third kappa shape index (κ3) is 1.70. The van der Waals surface area contributed by atoms with Gasteiger partial charge >= 0.3 is 0 Å². The highest BCUT2D eigenvalue weighted by atomic mass is 14.3. The number of rotatable bonds is 0. The van der Waals surface area contributed by atoms with Crippen molar-refractivity contribution < 1.29 is 0 Å². The molecule has 0 heteroatoms. The van der Waals surface area contributed by atoms with Gasteiger partial charge in [0.25, 0.3) is 0 Å². The Morgan fingerprint density at radius 3 is 2.33 bits per heavy atom. The van der Waals surface area contributed by atoms with Crippen LogP contribution in [0.25, 0.3) is 0 Å². The molecule has 1 aliphatic carbocycles. The first-order chi connectivity index (χ1) is 4.20. The average Bonchev–Trinajstić information content (AvgIpc) is 1.80. The van der Waals surface area contributed by atoms with Gasteiger partial charge in [-0.2, -0.15) is 0 Å². The summed E-state index contributed by atoms with van der Waals surface area (Å²) in [7, 11) is 0. The molecule has 0 aromatic carbocycles. The summed E-state index contributed by atoms with van der Waals surface area (Å²) in [6.45, 7) is 7.03. The van der Waals surface area contributed by atoms with Gasteiger partial charge < -0.3 is 0 Å². The van der Waals surface area contributed by atoms with Crippen LogP contribution in [0, 0.1) is 17.8 Å². The standard InChI is InChI=1S/C9H17/c1-7-4-5-8(2)9(3)6-7/h8-9H,4-6H2,1-3H3. The van der Waals surface area contributed by atoms with E-state index in [1.54, 1.807) is 5.92 Å². The van der Waals surface area contributed by atoms with E-state index in [1.165, 1.54) is 19.3 Å². The Morgan fingerprint density at radius 1 is 1.22 bits per heavy atom. The van der Waals surface area contributed by atoms with E-state index in [4.69, 9.17) is 0 Å². The van der Waals surface area contributed by atoms with E-state index < -0.39 is 0 Å². The van der Waals surface area contributed by atoms with Crippen LogP contribution in [0.5, 0.6) is 0 Å². The van der Waals surface area contributed by atoms with Crippen molar-refractivity contribution in [3.8, 4) is 0 Å². The maximum absolute atomic E-state index is 2.37. The van der Waals surface area contributed by atoms with Crippen LogP contribution in [-0.2, 0) is 0 Å². The molecule has 9 heavy (non-hydrogen) atoms. The molecule has 2 unspecified atom stereocenters. The normalized spacial score (nSPS) is 39.0. The maximum Gasteiger partial charge on any atom is -0.0269 e. The van der Waals surface area contributed by atoms with E-state index in [2.05, 4.69) is 20.8 Å². The van der Waals surface area contributed by atoms with Crippen LogP contribution < -0.4 is 0 Å². The van der Waals surface area contributed by atoms with Crippen molar-refractivity contribution >= 4 is 0 Å². The second-order valence-corrected chi connectivity index (χ2v) is 3.65. The Hall–Kier alpha value is 0. The number of hydrogen-bond acceptors (Lipinski definition) is 0. The summed E-state index contributed by atoms with van der Waals surface area (Å²) < 4.78 is 0. The van der Waals surface area contributed by atoms with E-state index in [9.17, 15) is 0 Å². The topological polar surface area (TPSA) is 0 Å².